The molecule has 1 atom stereocenters. The van der Waals surface area contributed by atoms with Crippen LogP contribution in [0.15, 0.2) is 66.0 Å². The molecule has 0 spiro atoms. The lowest BCUT2D eigenvalue weighted by Gasteiger charge is -2.39. The number of amides is 1. The average Bonchev–Trinajstić information content (AvgIpc) is 3.23. The third-order valence-electron chi connectivity index (χ3n) is 6.57. The van der Waals surface area contributed by atoms with Gasteiger partial charge in [-0.15, -0.1) is 0 Å². The number of hydrogen-bond acceptors (Lipinski definition) is 5. The maximum atomic E-state index is 13.5. The summed E-state index contributed by atoms with van der Waals surface area (Å²) in [7, 11) is 0. The van der Waals surface area contributed by atoms with Gasteiger partial charge >= 0.3 is 0 Å². The van der Waals surface area contributed by atoms with Crippen molar-refractivity contribution in [3.8, 4) is 5.75 Å². The van der Waals surface area contributed by atoms with Crippen LogP contribution < -0.4 is 15.4 Å². The first-order chi connectivity index (χ1) is 16.8. The molecule has 3 aromatic rings. The average molecular weight is 471 g/mol. The van der Waals surface area contributed by atoms with Gasteiger partial charge in [0.15, 0.2) is 5.78 Å². The van der Waals surface area contributed by atoms with Crippen LogP contribution in [0.1, 0.15) is 61.1 Å². The highest BCUT2D eigenvalue weighted by atomic mass is 16.5. The molecular formula is C28H30N4O3. The topological polar surface area (TPSA) is 85.2 Å². The minimum Gasteiger partial charge on any atom is -0.494 e. The van der Waals surface area contributed by atoms with Gasteiger partial charge in [-0.25, -0.2) is 4.68 Å². The van der Waals surface area contributed by atoms with Gasteiger partial charge in [0.1, 0.15) is 23.2 Å². The lowest BCUT2D eigenvalue weighted by molar-refractivity contribution is -0.118. The molecule has 2 aromatic carbocycles. The number of Topliss-reactive ketones (excluding diaryl/α,β-unsaturated/α-hetero) is 1. The summed E-state index contributed by atoms with van der Waals surface area (Å²) in [4.78, 5) is 26.7. The molecule has 0 saturated carbocycles. The van der Waals surface area contributed by atoms with E-state index in [0.717, 1.165) is 16.8 Å². The molecule has 0 saturated heterocycles. The van der Waals surface area contributed by atoms with Crippen LogP contribution in [0.5, 0.6) is 5.75 Å². The number of nitrogens with zero attached hydrogens (tertiary/aromatic N) is 2. The highest BCUT2D eigenvalue weighted by Gasteiger charge is 2.43. The van der Waals surface area contributed by atoms with Gasteiger partial charge in [0.05, 0.1) is 12.8 Å². The lowest BCUT2D eigenvalue weighted by atomic mass is 9.73. The zero-order chi connectivity index (χ0) is 24.7. The monoisotopic (exact) mass is 470 g/mol. The maximum Gasteiger partial charge on any atom is 0.261 e. The van der Waals surface area contributed by atoms with Crippen LogP contribution in [0.2, 0.25) is 0 Å². The Hall–Kier alpha value is -3.87. The molecule has 0 radical (unpaired) electrons. The Kier molecular flexibility index (Phi) is 5.71. The van der Waals surface area contributed by atoms with E-state index in [9.17, 15) is 9.59 Å². The van der Waals surface area contributed by atoms with Crippen molar-refractivity contribution in [3.05, 3.63) is 82.7 Å². The van der Waals surface area contributed by atoms with Crippen LogP contribution in [0.25, 0.3) is 0 Å². The molecule has 1 aliphatic carbocycles. The summed E-state index contributed by atoms with van der Waals surface area (Å²) in [6.07, 6.45) is 2.72. The quantitative estimate of drug-likeness (QED) is 0.514. The Labute approximate surface area is 205 Å². The smallest absolute Gasteiger partial charge is 0.261 e. The number of hydrogen-bond donors (Lipinski definition) is 2. The van der Waals surface area contributed by atoms with Gasteiger partial charge in [-0.1, -0.05) is 49.7 Å². The van der Waals surface area contributed by atoms with E-state index in [0.29, 0.717) is 47.8 Å². The molecule has 1 amide bonds. The Balaban J connectivity index is 1.61. The number of carbonyl (C=O) groups excluding carboxylic acids is 2. The van der Waals surface area contributed by atoms with Crippen molar-refractivity contribution in [1.82, 2.24) is 9.78 Å². The number of anilines is 2. The van der Waals surface area contributed by atoms with E-state index in [1.807, 2.05) is 62.4 Å². The third kappa shape index (κ3) is 4.22. The van der Waals surface area contributed by atoms with Gasteiger partial charge in [-0.3, -0.25) is 9.59 Å². The molecule has 0 fully saturated rings. The normalized spacial score (nSPS) is 18.4. The van der Waals surface area contributed by atoms with E-state index in [2.05, 4.69) is 29.6 Å². The van der Waals surface area contributed by atoms with E-state index < -0.39 is 6.04 Å². The predicted octanol–water partition coefficient (Wildman–Crippen LogP) is 5.50. The third-order valence-corrected chi connectivity index (χ3v) is 6.57. The summed E-state index contributed by atoms with van der Waals surface area (Å²) < 4.78 is 7.68. The van der Waals surface area contributed by atoms with Crippen molar-refractivity contribution in [1.29, 1.82) is 0 Å². The second-order valence-corrected chi connectivity index (χ2v) is 10.0. The molecule has 180 valence electrons. The first kappa shape index (κ1) is 22.9. The Bertz CT molecular complexity index is 1330. The summed E-state index contributed by atoms with van der Waals surface area (Å²) in [6, 6.07) is 14.9. The van der Waals surface area contributed by atoms with E-state index >= 15 is 0 Å². The zero-order valence-electron chi connectivity index (χ0n) is 20.5. The molecule has 0 unspecified atom stereocenters. The summed E-state index contributed by atoms with van der Waals surface area (Å²) in [5.41, 5.74) is 4.46. The number of para-hydroxylation sites is 1. The molecule has 1 aliphatic heterocycles. The number of fused-ring (bicyclic) bond motifs is 1. The van der Waals surface area contributed by atoms with Crippen LogP contribution in [0.3, 0.4) is 0 Å². The van der Waals surface area contributed by atoms with Crippen LogP contribution in [0.4, 0.5) is 11.5 Å². The van der Waals surface area contributed by atoms with Crippen LogP contribution >= 0.6 is 0 Å². The van der Waals surface area contributed by atoms with Crippen LogP contribution in [-0.2, 0) is 4.79 Å². The SMILES string of the molecule is CCOc1ccccc1[C@@H]1C2=C(CC(C)(C)CC2=O)Nc2c(C(=O)Nc3ccc(C)cc3)cnn21. The zero-order valence-corrected chi connectivity index (χ0v) is 20.5. The number of carbonyl (C=O) groups is 2. The molecule has 7 nitrogen and oxygen atoms in total. The van der Waals surface area contributed by atoms with Gasteiger partial charge in [0, 0.05) is 28.9 Å². The molecular weight excluding hydrogens is 440 g/mol. The molecule has 2 aliphatic rings. The van der Waals surface area contributed by atoms with Crippen molar-refractivity contribution >= 4 is 23.2 Å². The molecule has 35 heavy (non-hydrogen) atoms. The molecule has 2 heterocycles. The Morgan fingerprint density at radius 1 is 1.17 bits per heavy atom. The number of ether oxygens (including phenoxy) is 1. The second kappa shape index (κ2) is 8.73. The number of benzene rings is 2. The molecule has 1 aromatic heterocycles. The summed E-state index contributed by atoms with van der Waals surface area (Å²) in [5, 5.41) is 11.0. The van der Waals surface area contributed by atoms with Crippen molar-refractivity contribution in [2.45, 2.75) is 46.6 Å². The van der Waals surface area contributed by atoms with Gasteiger partial charge in [0.25, 0.3) is 5.91 Å². The minimum absolute atomic E-state index is 0.0897. The van der Waals surface area contributed by atoms with Crippen molar-refractivity contribution in [3.63, 3.8) is 0 Å². The van der Waals surface area contributed by atoms with Crippen molar-refractivity contribution < 1.29 is 14.3 Å². The highest BCUT2D eigenvalue weighted by Crippen LogP contribution is 2.47. The van der Waals surface area contributed by atoms with E-state index in [4.69, 9.17) is 4.74 Å². The van der Waals surface area contributed by atoms with Crippen molar-refractivity contribution in [2.75, 3.05) is 17.2 Å². The standard InChI is InChI=1S/C28H30N4O3/c1-5-35-23-9-7-6-8-19(23)25-24-21(14-28(3,4)15-22(24)33)31-26-20(16-29-32(25)26)27(34)30-18-12-10-17(2)11-13-18/h6-13,16,25,31H,5,14-15H2,1-4H3,(H,30,34)/t25-/m1/s1. The largest absolute Gasteiger partial charge is 0.494 e. The van der Waals surface area contributed by atoms with Crippen molar-refractivity contribution in [2.24, 2.45) is 5.41 Å². The number of rotatable bonds is 5. The van der Waals surface area contributed by atoms with E-state index in [1.165, 1.54) is 0 Å². The predicted molar refractivity (Wildman–Crippen MR) is 136 cm³/mol. The van der Waals surface area contributed by atoms with Gasteiger partial charge in [-0.2, -0.15) is 5.10 Å². The summed E-state index contributed by atoms with van der Waals surface area (Å²) >= 11 is 0. The molecule has 0 bridgehead atoms. The van der Waals surface area contributed by atoms with E-state index in [1.54, 1.807) is 10.9 Å². The Morgan fingerprint density at radius 3 is 2.66 bits per heavy atom. The lowest BCUT2D eigenvalue weighted by Crippen LogP contribution is -2.37. The fourth-order valence-corrected chi connectivity index (χ4v) is 4.99. The second-order valence-electron chi connectivity index (χ2n) is 10.0. The number of aryl methyl sites for hydroxylation is 1. The molecule has 5 rings (SSSR count). The van der Waals surface area contributed by atoms with Crippen LogP contribution in [-0.4, -0.2) is 28.1 Å². The Morgan fingerprint density at radius 2 is 1.91 bits per heavy atom. The number of nitrogens with one attached hydrogen (secondary N) is 2. The van der Waals surface area contributed by atoms with Gasteiger partial charge in [0.2, 0.25) is 0 Å². The van der Waals surface area contributed by atoms with E-state index in [-0.39, 0.29) is 17.1 Å². The minimum atomic E-state index is -0.478. The maximum absolute atomic E-state index is 13.5. The fraction of sp³-hybridized carbons (Fsp3) is 0.321. The number of ketones is 1. The van der Waals surface area contributed by atoms with Crippen LogP contribution in [0, 0.1) is 12.3 Å². The summed E-state index contributed by atoms with van der Waals surface area (Å²) in [6.45, 7) is 8.63. The molecule has 7 heteroatoms. The van der Waals surface area contributed by atoms with Gasteiger partial charge < -0.3 is 15.4 Å². The molecule has 2 N–H and O–H groups in total. The summed E-state index contributed by atoms with van der Waals surface area (Å²) in [5.74, 6) is 1.12. The highest BCUT2D eigenvalue weighted by molar-refractivity contribution is 6.08. The first-order valence-corrected chi connectivity index (χ1v) is 12.0. The first-order valence-electron chi connectivity index (χ1n) is 12.0. The number of aromatic nitrogens is 2. The number of allylic oxidation sites excluding steroid dienone is 2. The fourth-order valence-electron chi connectivity index (χ4n) is 4.99. The van der Waals surface area contributed by atoms with Gasteiger partial charge in [-0.05, 0) is 43.9 Å².